The van der Waals surface area contributed by atoms with Crippen LogP contribution in [0.4, 0.5) is 4.39 Å². The van der Waals surface area contributed by atoms with Gasteiger partial charge in [-0.15, -0.1) is 6.42 Å². The van der Waals surface area contributed by atoms with Gasteiger partial charge in [-0.25, -0.2) is 4.39 Å². The Morgan fingerprint density at radius 1 is 1.56 bits per heavy atom. The summed E-state index contributed by atoms with van der Waals surface area (Å²) >= 11 is 0. The van der Waals surface area contributed by atoms with Crippen LogP contribution in [0, 0.1) is 25.1 Å². The van der Waals surface area contributed by atoms with E-state index in [-0.39, 0.29) is 17.9 Å². The van der Waals surface area contributed by atoms with Crippen molar-refractivity contribution in [3.05, 3.63) is 35.1 Å². The van der Waals surface area contributed by atoms with Crippen LogP contribution in [0.2, 0.25) is 0 Å². The molecule has 3 N–H and O–H groups in total. The summed E-state index contributed by atoms with van der Waals surface area (Å²) in [7, 11) is 0. The number of hydrogen-bond donors (Lipinski definition) is 2. The molecule has 0 bridgehead atoms. The molecule has 86 valence electrons. The average Bonchev–Trinajstić information content (AvgIpc) is 2.26. The fourth-order valence-corrected chi connectivity index (χ4v) is 1.66. The van der Waals surface area contributed by atoms with Gasteiger partial charge in [-0.3, -0.25) is 5.32 Å². The van der Waals surface area contributed by atoms with Crippen LogP contribution in [0.15, 0.2) is 18.2 Å². The topological polar surface area (TPSA) is 38.0 Å². The highest BCUT2D eigenvalue weighted by atomic mass is 19.1. The van der Waals surface area contributed by atoms with Crippen molar-refractivity contribution in [2.24, 2.45) is 5.73 Å². The molecule has 0 aliphatic carbocycles. The molecule has 0 aromatic heterocycles. The largest absolute Gasteiger partial charge is 0.329 e. The van der Waals surface area contributed by atoms with E-state index < -0.39 is 0 Å². The number of nitrogens with two attached hydrogens (primary N) is 1. The van der Waals surface area contributed by atoms with Crippen LogP contribution in [0.25, 0.3) is 0 Å². The van der Waals surface area contributed by atoms with Crippen molar-refractivity contribution in [3.8, 4) is 12.3 Å². The molecule has 1 rings (SSSR count). The van der Waals surface area contributed by atoms with Gasteiger partial charge in [0.1, 0.15) is 5.82 Å². The molecule has 0 saturated carbocycles. The lowest BCUT2D eigenvalue weighted by Gasteiger charge is -2.21. The highest BCUT2D eigenvalue weighted by Gasteiger charge is 2.13. The molecular weight excluding hydrogens is 203 g/mol. The average molecular weight is 220 g/mol. The number of hydrogen-bond acceptors (Lipinski definition) is 2. The summed E-state index contributed by atoms with van der Waals surface area (Å²) in [6.45, 7) is 4.18. The normalized spacial score (nSPS) is 14.2. The molecule has 1 aromatic rings. The first-order valence-corrected chi connectivity index (χ1v) is 5.26. The second kappa shape index (κ2) is 5.64. The second-order valence-electron chi connectivity index (χ2n) is 3.84. The fourth-order valence-electron chi connectivity index (χ4n) is 1.66. The van der Waals surface area contributed by atoms with E-state index in [1.807, 2.05) is 13.8 Å². The minimum atomic E-state index is -0.234. The van der Waals surface area contributed by atoms with Gasteiger partial charge in [0.25, 0.3) is 0 Å². The third-order valence-corrected chi connectivity index (χ3v) is 2.54. The van der Waals surface area contributed by atoms with Gasteiger partial charge in [-0.2, -0.15) is 0 Å². The van der Waals surface area contributed by atoms with Crippen LogP contribution in [0.5, 0.6) is 0 Å². The molecule has 0 radical (unpaired) electrons. The zero-order valence-corrected chi connectivity index (χ0v) is 9.63. The lowest BCUT2D eigenvalue weighted by Crippen LogP contribution is -2.34. The number of halogens is 1. The Morgan fingerprint density at radius 2 is 2.25 bits per heavy atom. The molecule has 1 aromatic carbocycles. The van der Waals surface area contributed by atoms with Gasteiger partial charge >= 0.3 is 0 Å². The highest BCUT2D eigenvalue weighted by molar-refractivity contribution is 5.30. The van der Waals surface area contributed by atoms with E-state index in [4.69, 9.17) is 12.2 Å². The molecule has 0 fully saturated rings. The molecule has 0 heterocycles. The Balaban J connectivity index is 2.91. The van der Waals surface area contributed by atoms with Gasteiger partial charge in [0.05, 0.1) is 6.04 Å². The monoisotopic (exact) mass is 220 g/mol. The van der Waals surface area contributed by atoms with E-state index in [1.165, 1.54) is 12.1 Å². The SMILES string of the molecule is C#CC(C)NC(CN)c1ccc(F)cc1C. The van der Waals surface area contributed by atoms with Gasteiger partial charge in [-0.05, 0) is 37.1 Å². The zero-order valence-electron chi connectivity index (χ0n) is 9.63. The molecule has 0 aliphatic heterocycles. The molecule has 2 atom stereocenters. The molecule has 2 unspecified atom stereocenters. The van der Waals surface area contributed by atoms with Crippen LogP contribution in [-0.4, -0.2) is 12.6 Å². The maximum absolute atomic E-state index is 13.0. The molecule has 0 amide bonds. The number of aryl methyl sites for hydroxylation is 1. The lowest BCUT2D eigenvalue weighted by molar-refractivity contribution is 0.514. The number of rotatable bonds is 4. The van der Waals surface area contributed by atoms with E-state index in [1.54, 1.807) is 6.07 Å². The summed E-state index contributed by atoms with van der Waals surface area (Å²) in [6.07, 6.45) is 5.30. The van der Waals surface area contributed by atoms with Crippen LogP contribution < -0.4 is 11.1 Å². The lowest BCUT2D eigenvalue weighted by atomic mass is 10.0. The van der Waals surface area contributed by atoms with Crippen LogP contribution in [0.1, 0.15) is 24.1 Å². The van der Waals surface area contributed by atoms with E-state index in [0.29, 0.717) is 6.54 Å². The van der Waals surface area contributed by atoms with Crippen molar-refractivity contribution in [3.63, 3.8) is 0 Å². The smallest absolute Gasteiger partial charge is 0.123 e. The Hall–Kier alpha value is -1.37. The molecule has 2 nitrogen and oxygen atoms in total. The van der Waals surface area contributed by atoms with Crippen LogP contribution in [-0.2, 0) is 0 Å². The first-order chi connectivity index (χ1) is 7.58. The van der Waals surface area contributed by atoms with Crippen molar-refractivity contribution in [1.29, 1.82) is 0 Å². The first kappa shape index (κ1) is 12.7. The Bertz CT molecular complexity index is 395. The van der Waals surface area contributed by atoms with E-state index in [2.05, 4.69) is 11.2 Å². The van der Waals surface area contributed by atoms with E-state index in [0.717, 1.165) is 11.1 Å². The van der Waals surface area contributed by atoms with E-state index >= 15 is 0 Å². The minimum absolute atomic E-state index is 0.0355. The number of nitrogens with one attached hydrogen (secondary N) is 1. The maximum atomic E-state index is 13.0. The molecule has 0 spiro atoms. The molecule has 0 aliphatic rings. The predicted octanol–water partition coefficient (Wildman–Crippen LogP) is 1.75. The van der Waals surface area contributed by atoms with Gasteiger partial charge in [-0.1, -0.05) is 12.0 Å². The summed E-state index contributed by atoms with van der Waals surface area (Å²) in [5, 5.41) is 3.21. The van der Waals surface area contributed by atoms with Crippen molar-refractivity contribution >= 4 is 0 Å². The summed E-state index contributed by atoms with van der Waals surface area (Å²) in [5.74, 6) is 2.36. The first-order valence-electron chi connectivity index (χ1n) is 5.26. The van der Waals surface area contributed by atoms with Crippen molar-refractivity contribution in [2.45, 2.75) is 25.9 Å². The van der Waals surface area contributed by atoms with Crippen molar-refractivity contribution in [1.82, 2.24) is 5.32 Å². The summed E-state index contributed by atoms with van der Waals surface area (Å²) in [6, 6.07) is 4.59. The fraction of sp³-hybridized carbons (Fsp3) is 0.385. The van der Waals surface area contributed by atoms with Gasteiger partial charge < -0.3 is 5.73 Å². The number of benzene rings is 1. The molecular formula is C13H17FN2. The Morgan fingerprint density at radius 3 is 2.75 bits per heavy atom. The summed E-state index contributed by atoms with van der Waals surface area (Å²) in [5.41, 5.74) is 7.56. The van der Waals surface area contributed by atoms with E-state index in [9.17, 15) is 4.39 Å². The summed E-state index contributed by atoms with van der Waals surface area (Å²) in [4.78, 5) is 0. The number of terminal acetylenes is 1. The second-order valence-corrected chi connectivity index (χ2v) is 3.84. The molecule has 3 heteroatoms. The highest BCUT2D eigenvalue weighted by Crippen LogP contribution is 2.18. The van der Waals surface area contributed by atoms with Gasteiger partial charge in [0.15, 0.2) is 0 Å². The van der Waals surface area contributed by atoms with Gasteiger partial charge in [0.2, 0.25) is 0 Å². The predicted molar refractivity (Wildman–Crippen MR) is 64.4 cm³/mol. The third kappa shape index (κ3) is 3.06. The zero-order chi connectivity index (χ0) is 12.1. The van der Waals surface area contributed by atoms with Crippen LogP contribution in [0.3, 0.4) is 0 Å². The Labute approximate surface area is 96.0 Å². The standard InChI is InChI=1S/C13H17FN2/c1-4-10(3)16-13(8-15)12-6-5-11(14)7-9(12)2/h1,5-7,10,13,16H,8,15H2,2-3H3. The molecule has 16 heavy (non-hydrogen) atoms. The molecule has 0 saturated heterocycles. The maximum Gasteiger partial charge on any atom is 0.123 e. The van der Waals surface area contributed by atoms with Gasteiger partial charge in [0, 0.05) is 12.6 Å². The Kier molecular flexibility index (Phi) is 4.48. The minimum Gasteiger partial charge on any atom is -0.329 e. The quantitative estimate of drug-likeness (QED) is 0.759. The third-order valence-electron chi connectivity index (χ3n) is 2.54. The van der Waals surface area contributed by atoms with Crippen molar-refractivity contribution < 1.29 is 4.39 Å². The summed E-state index contributed by atoms with van der Waals surface area (Å²) < 4.78 is 13.0. The van der Waals surface area contributed by atoms with Crippen LogP contribution >= 0.6 is 0 Å². The van der Waals surface area contributed by atoms with Crippen molar-refractivity contribution in [2.75, 3.05) is 6.54 Å².